The van der Waals surface area contributed by atoms with Gasteiger partial charge in [-0.3, -0.25) is 4.79 Å². The van der Waals surface area contributed by atoms with Crippen molar-refractivity contribution in [2.45, 2.75) is 31.9 Å². The second-order valence-electron chi connectivity index (χ2n) is 4.61. The van der Waals surface area contributed by atoms with Crippen LogP contribution in [0.3, 0.4) is 0 Å². The third kappa shape index (κ3) is 3.78. The summed E-state index contributed by atoms with van der Waals surface area (Å²) in [6, 6.07) is 0. The molecule has 0 bridgehead atoms. The summed E-state index contributed by atoms with van der Waals surface area (Å²) in [5.74, 6) is -1.28. The number of nitrogens with two attached hydrogens (primary N) is 1. The van der Waals surface area contributed by atoms with Crippen molar-refractivity contribution in [2.75, 3.05) is 13.1 Å². The van der Waals surface area contributed by atoms with Crippen LogP contribution >= 0.6 is 0 Å². The molecule has 0 radical (unpaired) electrons. The molecule has 1 atom stereocenters. The minimum Gasteiger partial charge on any atom is -0.480 e. The van der Waals surface area contributed by atoms with E-state index >= 15 is 0 Å². The number of nitrogens with one attached hydrogen (secondary N) is 1. The van der Waals surface area contributed by atoms with Crippen molar-refractivity contribution in [3.05, 3.63) is 0 Å². The number of ether oxygens (including phenoxy) is 1. The predicted octanol–water partition coefficient (Wildman–Crippen LogP) is -1.15. The summed E-state index contributed by atoms with van der Waals surface area (Å²) in [6.45, 7) is 2.66. The topological polar surface area (TPSA) is 139 Å². The van der Waals surface area contributed by atoms with Crippen LogP contribution in [0, 0.1) is 0 Å². The minimum atomic E-state index is -4.14. The molecule has 1 aliphatic rings. The molecule has 0 aromatic rings. The number of amides is 1. The Hall–Kier alpha value is -1.39. The van der Waals surface area contributed by atoms with Gasteiger partial charge in [-0.25, -0.2) is 9.52 Å². The van der Waals surface area contributed by atoms with Crippen LogP contribution in [-0.4, -0.2) is 54.6 Å². The summed E-state index contributed by atoms with van der Waals surface area (Å²) in [4.78, 5) is 22.1. The normalized spacial score (nSPS) is 24.4. The molecule has 10 heteroatoms. The lowest BCUT2D eigenvalue weighted by molar-refractivity contribution is -0.142. The molecule has 9 nitrogen and oxygen atoms in total. The molecular formula is C9H17N3O6S. The maximum absolute atomic E-state index is 11.8. The maximum Gasteiger partial charge on any atom is 0.422 e. The van der Waals surface area contributed by atoms with E-state index in [0.717, 1.165) is 4.31 Å². The average Bonchev–Trinajstić information content (AvgIpc) is 2.60. The van der Waals surface area contributed by atoms with E-state index in [0.29, 0.717) is 0 Å². The molecule has 1 heterocycles. The number of hydrogen-bond donors (Lipinski definition) is 3. The monoisotopic (exact) mass is 295 g/mol. The smallest absolute Gasteiger partial charge is 0.422 e. The minimum absolute atomic E-state index is 0.0253. The van der Waals surface area contributed by atoms with Gasteiger partial charge in [-0.2, -0.15) is 12.7 Å². The summed E-state index contributed by atoms with van der Waals surface area (Å²) in [5, 5.41) is 8.90. The van der Waals surface area contributed by atoms with Gasteiger partial charge in [0, 0.05) is 13.1 Å². The van der Waals surface area contributed by atoms with Crippen LogP contribution < -0.4 is 10.5 Å². The molecule has 110 valence electrons. The Bertz CT molecular complexity index is 476. The SMILES string of the molecule is CC(C)OC(=O)NS(=O)(=O)N1CCC(N)(C(=O)O)C1. The zero-order chi connectivity index (χ0) is 14.8. The lowest BCUT2D eigenvalue weighted by atomic mass is 10.0. The highest BCUT2D eigenvalue weighted by atomic mass is 32.2. The first kappa shape index (κ1) is 15.7. The summed E-state index contributed by atoms with van der Waals surface area (Å²) in [6.07, 6.45) is -1.61. The Morgan fingerprint density at radius 2 is 2.05 bits per heavy atom. The first-order valence-corrected chi connectivity index (χ1v) is 7.01. The lowest BCUT2D eigenvalue weighted by Crippen LogP contribution is -2.52. The highest BCUT2D eigenvalue weighted by Gasteiger charge is 2.45. The van der Waals surface area contributed by atoms with E-state index in [1.165, 1.54) is 0 Å². The third-order valence-corrected chi connectivity index (χ3v) is 4.00. The number of hydrogen-bond acceptors (Lipinski definition) is 6. The molecule has 0 saturated carbocycles. The zero-order valence-electron chi connectivity index (χ0n) is 10.6. The lowest BCUT2D eigenvalue weighted by Gasteiger charge is -2.20. The Kier molecular flexibility index (Phi) is 4.38. The fourth-order valence-corrected chi connectivity index (χ4v) is 2.70. The number of carbonyl (C=O) groups is 2. The van der Waals surface area contributed by atoms with Crippen molar-refractivity contribution in [3.8, 4) is 0 Å². The van der Waals surface area contributed by atoms with E-state index in [1.54, 1.807) is 18.6 Å². The number of nitrogens with zero attached hydrogens (tertiary/aromatic N) is 1. The van der Waals surface area contributed by atoms with E-state index in [1.807, 2.05) is 0 Å². The molecule has 1 rings (SSSR count). The van der Waals surface area contributed by atoms with E-state index in [9.17, 15) is 18.0 Å². The molecule has 1 amide bonds. The summed E-state index contributed by atoms with van der Waals surface area (Å²) in [5.41, 5.74) is 3.92. The van der Waals surface area contributed by atoms with E-state index in [2.05, 4.69) is 4.74 Å². The Balaban J connectivity index is 2.71. The quantitative estimate of drug-likeness (QED) is 0.595. The molecule has 0 aromatic carbocycles. The van der Waals surface area contributed by atoms with Gasteiger partial charge in [0.05, 0.1) is 6.10 Å². The van der Waals surface area contributed by atoms with Crippen LogP contribution in [0.4, 0.5) is 4.79 Å². The number of carboxylic acid groups (broad SMARTS) is 1. The number of aliphatic carboxylic acids is 1. The number of carbonyl (C=O) groups excluding carboxylic acids is 1. The van der Waals surface area contributed by atoms with Crippen molar-refractivity contribution in [1.82, 2.24) is 9.03 Å². The first-order chi connectivity index (χ1) is 8.57. The van der Waals surface area contributed by atoms with Crippen molar-refractivity contribution in [1.29, 1.82) is 0 Å². The molecule has 1 aliphatic heterocycles. The first-order valence-electron chi connectivity index (χ1n) is 5.57. The van der Waals surface area contributed by atoms with Gasteiger partial charge in [-0.05, 0) is 20.3 Å². The Morgan fingerprint density at radius 1 is 1.47 bits per heavy atom. The van der Waals surface area contributed by atoms with E-state index < -0.39 is 40.5 Å². The van der Waals surface area contributed by atoms with Gasteiger partial charge in [0.15, 0.2) is 0 Å². The summed E-state index contributed by atoms with van der Waals surface area (Å²) in [7, 11) is -4.14. The van der Waals surface area contributed by atoms with Gasteiger partial charge in [0.25, 0.3) is 0 Å². The average molecular weight is 295 g/mol. The molecule has 19 heavy (non-hydrogen) atoms. The van der Waals surface area contributed by atoms with Crippen LogP contribution in [0.1, 0.15) is 20.3 Å². The third-order valence-electron chi connectivity index (χ3n) is 2.59. The van der Waals surface area contributed by atoms with E-state index in [4.69, 9.17) is 10.8 Å². The molecule has 4 N–H and O–H groups in total. The molecule has 1 unspecified atom stereocenters. The van der Waals surface area contributed by atoms with Gasteiger partial charge in [0.2, 0.25) is 0 Å². The molecule has 0 aliphatic carbocycles. The van der Waals surface area contributed by atoms with Crippen molar-refractivity contribution in [3.63, 3.8) is 0 Å². The molecule has 1 fully saturated rings. The second kappa shape index (κ2) is 5.31. The number of carboxylic acids is 1. The van der Waals surface area contributed by atoms with Crippen LogP contribution in [-0.2, 0) is 19.7 Å². The van der Waals surface area contributed by atoms with Gasteiger partial charge in [-0.15, -0.1) is 0 Å². The van der Waals surface area contributed by atoms with E-state index in [-0.39, 0.29) is 13.0 Å². The highest BCUT2D eigenvalue weighted by molar-refractivity contribution is 7.87. The predicted molar refractivity (Wildman–Crippen MR) is 64.4 cm³/mol. The molecular weight excluding hydrogens is 278 g/mol. The van der Waals surface area contributed by atoms with Crippen molar-refractivity contribution < 1.29 is 27.9 Å². The fourth-order valence-electron chi connectivity index (χ4n) is 1.58. The van der Waals surface area contributed by atoms with Crippen LogP contribution in [0.15, 0.2) is 0 Å². The summed E-state index contributed by atoms with van der Waals surface area (Å²) >= 11 is 0. The van der Waals surface area contributed by atoms with Crippen LogP contribution in [0.2, 0.25) is 0 Å². The van der Waals surface area contributed by atoms with Gasteiger partial charge in [-0.1, -0.05) is 0 Å². The van der Waals surface area contributed by atoms with Gasteiger partial charge >= 0.3 is 22.3 Å². The summed E-state index contributed by atoms with van der Waals surface area (Å²) < 4.78 is 30.7. The van der Waals surface area contributed by atoms with Crippen LogP contribution in [0.5, 0.6) is 0 Å². The Labute approximate surface area is 110 Å². The standard InChI is InChI=1S/C9H17N3O6S/c1-6(2)18-8(15)11-19(16,17)12-4-3-9(10,5-12)7(13)14/h6H,3-5,10H2,1-2H3,(H,11,15)(H,13,14). The number of rotatable bonds is 4. The fraction of sp³-hybridized carbons (Fsp3) is 0.778. The molecule has 0 aromatic heterocycles. The van der Waals surface area contributed by atoms with Gasteiger partial charge < -0.3 is 15.6 Å². The Morgan fingerprint density at radius 3 is 2.47 bits per heavy atom. The largest absolute Gasteiger partial charge is 0.480 e. The van der Waals surface area contributed by atoms with Crippen molar-refractivity contribution in [2.24, 2.45) is 5.73 Å². The maximum atomic E-state index is 11.8. The van der Waals surface area contributed by atoms with Gasteiger partial charge in [0.1, 0.15) is 5.54 Å². The van der Waals surface area contributed by atoms with Crippen LogP contribution in [0.25, 0.3) is 0 Å². The zero-order valence-corrected chi connectivity index (χ0v) is 11.4. The van der Waals surface area contributed by atoms with Crippen molar-refractivity contribution >= 4 is 22.3 Å². The highest BCUT2D eigenvalue weighted by Crippen LogP contribution is 2.21. The second-order valence-corrected chi connectivity index (χ2v) is 6.28. The molecule has 0 spiro atoms. The molecule has 1 saturated heterocycles.